The van der Waals surface area contributed by atoms with Crippen LogP contribution in [-0.2, 0) is 4.79 Å². The van der Waals surface area contributed by atoms with E-state index in [1.807, 2.05) is 0 Å². The lowest BCUT2D eigenvalue weighted by Gasteiger charge is -2.06. The van der Waals surface area contributed by atoms with E-state index in [2.05, 4.69) is 15.9 Å². The summed E-state index contributed by atoms with van der Waals surface area (Å²) in [5, 5.41) is 0.624. The summed E-state index contributed by atoms with van der Waals surface area (Å²) >= 11 is 9.03. The van der Waals surface area contributed by atoms with Gasteiger partial charge in [0, 0.05) is 5.02 Å². The minimum atomic E-state index is -0.380. The van der Waals surface area contributed by atoms with Gasteiger partial charge in [-0.2, -0.15) is 0 Å². The minimum absolute atomic E-state index is 0.203. The summed E-state index contributed by atoms with van der Waals surface area (Å²) in [5.41, 5.74) is 4.97. The summed E-state index contributed by atoms with van der Waals surface area (Å²) in [7, 11) is 0. The van der Waals surface area contributed by atoms with E-state index in [0.717, 1.165) is 4.47 Å². The Labute approximate surface area is 95.3 Å². The number of amides is 1. The number of primary amides is 1. The highest BCUT2D eigenvalue weighted by Crippen LogP contribution is 2.27. The fraction of sp³-hybridized carbons (Fsp3) is 0.222. The number of carbonyl (C=O) groups is 1. The lowest BCUT2D eigenvalue weighted by Crippen LogP contribution is -2.14. The van der Waals surface area contributed by atoms with Crippen molar-refractivity contribution in [3.05, 3.63) is 27.7 Å². The Morgan fingerprint density at radius 2 is 2.29 bits per heavy atom. The normalized spacial score (nSPS) is 9.86. The van der Waals surface area contributed by atoms with Gasteiger partial charge in [-0.25, -0.2) is 0 Å². The van der Waals surface area contributed by atoms with Gasteiger partial charge in [0.2, 0.25) is 5.91 Å². The van der Waals surface area contributed by atoms with Gasteiger partial charge in [-0.15, -0.1) is 0 Å². The van der Waals surface area contributed by atoms with Crippen molar-refractivity contribution in [3.8, 4) is 5.75 Å². The van der Waals surface area contributed by atoms with E-state index in [-0.39, 0.29) is 18.9 Å². The van der Waals surface area contributed by atoms with Gasteiger partial charge >= 0.3 is 0 Å². The zero-order valence-corrected chi connectivity index (χ0v) is 9.64. The molecule has 2 N–H and O–H groups in total. The van der Waals surface area contributed by atoms with Crippen molar-refractivity contribution >= 4 is 33.4 Å². The second-order valence-corrected chi connectivity index (χ2v) is 3.93. The molecule has 76 valence electrons. The van der Waals surface area contributed by atoms with E-state index < -0.39 is 0 Å². The molecule has 1 aromatic carbocycles. The van der Waals surface area contributed by atoms with E-state index in [9.17, 15) is 4.79 Å². The van der Waals surface area contributed by atoms with Crippen LogP contribution in [0, 0.1) is 0 Å². The van der Waals surface area contributed by atoms with Crippen molar-refractivity contribution in [3.63, 3.8) is 0 Å². The average molecular weight is 279 g/mol. The molecule has 0 fully saturated rings. The maximum absolute atomic E-state index is 10.4. The van der Waals surface area contributed by atoms with Crippen LogP contribution >= 0.6 is 27.5 Å². The van der Waals surface area contributed by atoms with Gasteiger partial charge < -0.3 is 10.5 Å². The van der Waals surface area contributed by atoms with Crippen LogP contribution in [0.1, 0.15) is 6.42 Å². The Morgan fingerprint density at radius 1 is 1.57 bits per heavy atom. The number of carbonyl (C=O) groups excluding carboxylic acids is 1. The fourth-order valence-corrected chi connectivity index (χ4v) is 1.65. The first-order chi connectivity index (χ1) is 6.59. The van der Waals surface area contributed by atoms with E-state index in [1.54, 1.807) is 18.2 Å². The molecule has 5 heteroatoms. The van der Waals surface area contributed by atoms with Crippen LogP contribution in [0.15, 0.2) is 22.7 Å². The fourth-order valence-electron chi connectivity index (χ4n) is 0.854. The third kappa shape index (κ3) is 3.55. The monoisotopic (exact) mass is 277 g/mol. The third-order valence-electron chi connectivity index (χ3n) is 1.50. The van der Waals surface area contributed by atoms with Gasteiger partial charge in [-0.1, -0.05) is 11.6 Å². The van der Waals surface area contributed by atoms with Crippen LogP contribution in [0.3, 0.4) is 0 Å². The molecule has 0 bridgehead atoms. The zero-order chi connectivity index (χ0) is 10.6. The second kappa shape index (κ2) is 5.22. The topological polar surface area (TPSA) is 52.3 Å². The van der Waals surface area contributed by atoms with Gasteiger partial charge in [0.25, 0.3) is 0 Å². The highest BCUT2D eigenvalue weighted by molar-refractivity contribution is 9.10. The molecule has 0 aliphatic heterocycles. The van der Waals surface area contributed by atoms with Gasteiger partial charge in [-0.3, -0.25) is 4.79 Å². The Morgan fingerprint density at radius 3 is 2.86 bits per heavy atom. The smallest absolute Gasteiger partial charge is 0.220 e. The van der Waals surface area contributed by atoms with E-state index in [4.69, 9.17) is 22.1 Å². The maximum Gasteiger partial charge on any atom is 0.220 e. The molecule has 14 heavy (non-hydrogen) atoms. The molecule has 0 radical (unpaired) electrons. The van der Waals surface area contributed by atoms with E-state index in [0.29, 0.717) is 10.8 Å². The molecule has 0 saturated carbocycles. The predicted octanol–water partition coefficient (Wildman–Crippen LogP) is 2.36. The molecule has 1 amide bonds. The number of hydrogen-bond acceptors (Lipinski definition) is 2. The van der Waals surface area contributed by atoms with E-state index >= 15 is 0 Å². The number of ether oxygens (including phenoxy) is 1. The van der Waals surface area contributed by atoms with E-state index in [1.165, 1.54) is 0 Å². The second-order valence-electron chi connectivity index (χ2n) is 2.64. The first kappa shape index (κ1) is 11.3. The summed E-state index contributed by atoms with van der Waals surface area (Å²) in [6.07, 6.45) is 0.203. The maximum atomic E-state index is 10.4. The van der Waals surface area contributed by atoms with Gasteiger partial charge in [0.15, 0.2) is 0 Å². The summed E-state index contributed by atoms with van der Waals surface area (Å²) in [4.78, 5) is 10.4. The van der Waals surface area contributed by atoms with Crippen LogP contribution in [0.2, 0.25) is 5.02 Å². The molecule has 1 aromatic rings. The Balaban J connectivity index is 2.55. The standard InChI is InChI=1S/C9H9BrClNO2/c10-7-5-6(11)1-2-8(7)14-4-3-9(12)13/h1-2,5H,3-4H2,(H2,12,13). The van der Waals surface area contributed by atoms with Crippen LogP contribution < -0.4 is 10.5 Å². The van der Waals surface area contributed by atoms with Crippen LogP contribution in [-0.4, -0.2) is 12.5 Å². The van der Waals surface area contributed by atoms with Gasteiger partial charge in [0.05, 0.1) is 17.5 Å². The Kier molecular flexibility index (Phi) is 4.22. The highest BCUT2D eigenvalue weighted by atomic mass is 79.9. The number of hydrogen-bond donors (Lipinski definition) is 1. The SMILES string of the molecule is NC(=O)CCOc1ccc(Cl)cc1Br. The summed E-state index contributed by atoms with van der Waals surface area (Å²) in [6.45, 7) is 0.273. The molecule has 0 aliphatic carbocycles. The predicted molar refractivity (Wildman–Crippen MR) is 58.5 cm³/mol. The van der Waals surface area contributed by atoms with Crippen LogP contribution in [0.5, 0.6) is 5.75 Å². The lowest BCUT2D eigenvalue weighted by atomic mass is 10.3. The first-order valence-corrected chi connectivity index (χ1v) is 5.13. The average Bonchev–Trinajstić information content (AvgIpc) is 2.08. The van der Waals surface area contributed by atoms with Crippen molar-refractivity contribution in [2.45, 2.75) is 6.42 Å². The molecule has 1 rings (SSSR count). The molecule has 0 spiro atoms. The zero-order valence-electron chi connectivity index (χ0n) is 7.30. The van der Waals surface area contributed by atoms with Crippen LogP contribution in [0.25, 0.3) is 0 Å². The number of rotatable bonds is 4. The quantitative estimate of drug-likeness (QED) is 0.919. The summed E-state index contributed by atoms with van der Waals surface area (Å²) in [5.74, 6) is 0.269. The summed E-state index contributed by atoms with van der Waals surface area (Å²) < 4.78 is 6.06. The van der Waals surface area contributed by atoms with Crippen molar-refractivity contribution in [2.24, 2.45) is 5.73 Å². The van der Waals surface area contributed by atoms with Crippen molar-refractivity contribution in [2.75, 3.05) is 6.61 Å². The van der Waals surface area contributed by atoms with Crippen LogP contribution in [0.4, 0.5) is 0 Å². The number of nitrogens with two attached hydrogens (primary N) is 1. The molecule has 0 saturated heterocycles. The third-order valence-corrected chi connectivity index (χ3v) is 2.35. The molecule has 3 nitrogen and oxygen atoms in total. The molecule has 0 aliphatic rings. The van der Waals surface area contributed by atoms with Gasteiger partial charge in [0.1, 0.15) is 5.75 Å². The Bertz CT molecular complexity index is 344. The highest BCUT2D eigenvalue weighted by Gasteiger charge is 2.02. The molecule has 0 atom stereocenters. The number of benzene rings is 1. The molecular formula is C9H9BrClNO2. The molecule has 0 heterocycles. The summed E-state index contributed by atoms with van der Waals surface area (Å²) in [6, 6.07) is 5.17. The first-order valence-electron chi connectivity index (χ1n) is 3.96. The van der Waals surface area contributed by atoms with Crippen molar-refractivity contribution < 1.29 is 9.53 Å². The van der Waals surface area contributed by atoms with Crippen molar-refractivity contribution in [1.29, 1.82) is 0 Å². The Hall–Kier alpha value is -0.740. The lowest BCUT2D eigenvalue weighted by molar-refractivity contribution is -0.118. The molecule has 0 unspecified atom stereocenters. The van der Waals surface area contributed by atoms with Gasteiger partial charge in [-0.05, 0) is 34.1 Å². The van der Waals surface area contributed by atoms with Crippen molar-refractivity contribution in [1.82, 2.24) is 0 Å². The largest absolute Gasteiger partial charge is 0.492 e. The number of halogens is 2. The minimum Gasteiger partial charge on any atom is -0.492 e. The molecule has 0 aromatic heterocycles. The molecular weight excluding hydrogens is 269 g/mol.